The summed E-state index contributed by atoms with van der Waals surface area (Å²) < 4.78 is 22.9. The smallest absolute Gasteiger partial charge is 0.238 e. The van der Waals surface area contributed by atoms with E-state index in [1.54, 1.807) is 19.1 Å². The Hall–Kier alpha value is -1.21. The molecule has 0 amide bonds. The molecule has 0 spiro atoms. The van der Waals surface area contributed by atoms with Crippen molar-refractivity contribution in [3.63, 3.8) is 0 Å². The van der Waals surface area contributed by atoms with Crippen LogP contribution in [0.25, 0.3) is 0 Å². The zero-order chi connectivity index (χ0) is 19.2. The lowest BCUT2D eigenvalue weighted by Gasteiger charge is -2.23. The Balaban J connectivity index is 0.00000364. The number of aliphatic hydroxyl groups is 1. The molecule has 1 aromatic heterocycles. The predicted octanol–water partition coefficient (Wildman–Crippen LogP) is 1.98. The molecule has 1 atom stereocenters. The summed E-state index contributed by atoms with van der Waals surface area (Å²) in [7, 11) is -3.74. The minimum Gasteiger partial charge on any atom is -0.383 e. The molecule has 5 N–H and O–H groups in total. The van der Waals surface area contributed by atoms with Crippen LogP contribution in [0.1, 0.15) is 24.3 Å². The van der Waals surface area contributed by atoms with Gasteiger partial charge in [0.15, 0.2) is 5.96 Å². The lowest BCUT2D eigenvalue weighted by molar-refractivity contribution is 0.0655. The number of halogens is 1. The van der Waals surface area contributed by atoms with E-state index in [1.165, 1.54) is 23.5 Å². The molecule has 150 valence electrons. The number of nitrogens with one attached hydrogen (secondary N) is 2. The van der Waals surface area contributed by atoms with Gasteiger partial charge in [0, 0.05) is 11.4 Å². The van der Waals surface area contributed by atoms with E-state index in [1.807, 2.05) is 24.4 Å². The van der Waals surface area contributed by atoms with E-state index in [4.69, 9.17) is 5.14 Å². The first kappa shape index (κ1) is 23.8. The average molecular weight is 524 g/mol. The number of sulfonamides is 1. The summed E-state index contributed by atoms with van der Waals surface area (Å²) in [5.74, 6) is 0.533. The van der Waals surface area contributed by atoms with Crippen LogP contribution in [0.3, 0.4) is 0 Å². The second kappa shape index (κ2) is 10.4. The largest absolute Gasteiger partial charge is 0.383 e. The molecular formula is C17H25IN4O3S2. The van der Waals surface area contributed by atoms with Gasteiger partial charge in [-0.25, -0.2) is 18.5 Å². The highest BCUT2D eigenvalue weighted by atomic mass is 127. The van der Waals surface area contributed by atoms with Gasteiger partial charge < -0.3 is 15.7 Å². The molecule has 2 aromatic rings. The molecule has 1 heterocycles. The summed E-state index contributed by atoms with van der Waals surface area (Å²) in [6, 6.07) is 10.1. The Labute approximate surface area is 181 Å². The van der Waals surface area contributed by atoms with Crippen LogP contribution in [-0.2, 0) is 22.2 Å². The van der Waals surface area contributed by atoms with Crippen LogP contribution in [0.2, 0.25) is 0 Å². The van der Waals surface area contributed by atoms with Crippen molar-refractivity contribution in [2.45, 2.75) is 30.9 Å². The van der Waals surface area contributed by atoms with E-state index in [0.29, 0.717) is 12.5 Å². The number of thiophene rings is 1. The molecule has 0 radical (unpaired) electrons. The molecule has 1 unspecified atom stereocenters. The number of hydrogen-bond acceptors (Lipinski definition) is 5. The standard InChI is InChI=1S/C17H24N4O3S2.HI/c1-3-19-16(21-12-17(2,22)15-8-5-9-25-15)20-11-13-6-4-7-14(10-13)26(18,23)24;/h4-10,22H,3,11-12H2,1-2H3,(H2,18,23,24)(H2,19,20,21);1H. The van der Waals surface area contributed by atoms with Crippen LogP contribution in [0.5, 0.6) is 0 Å². The van der Waals surface area contributed by atoms with Gasteiger partial charge in [0.1, 0.15) is 5.60 Å². The first-order valence-corrected chi connectivity index (χ1v) is 10.6. The number of hydrogen-bond donors (Lipinski definition) is 4. The highest BCUT2D eigenvalue weighted by Gasteiger charge is 2.24. The minimum atomic E-state index is -3.74. The van der Waals surface area contributed by atoms with Crippen molar-refractivity contribution in [1.29, 1.82) is 0 Å². The fourth-order valence-corrected chi connectivity index (χ4v) is 3.63. The summed E-state index contributed by atoms with van der Waals surface area (Å²) in [6.45, 7) is 4.90. The highest BCUT2D eigenvalue weighted by molar-refractivity contribution is 14.0. The molecular weight excluding hydrogens is 499 g/mol. The topological polar surface area (TPSA) is 117 Å². The van der Waals surface area contributed by atoms with Crippen molar-refractivity contribution in [3.05, 3.63) is 52.2 Å². The average Bonchev–Trinajstić information content (AvgIpc) is 3.12. The van der Waals surface area contributed by atoms with Crippen molar-refractivity contribution in [3.8, 4) is 0 Å². The number of rotatable bonds is 7. The Morgan fingerprint density at radius 1 is 1.30 bits per heavy atom. The molecule has 10 heteroatoms. The van der Waals surface area contributed by atoms with Gasteiger partial charge >= 0.3 is 0 Å². The maximum atomic E-state index is 11.4. The summed E-state index contributed by atoms with van der Waals surface area (Å²) in [5.41, 5.74) is -0.295. The SMILES string of the molecule is CCNC(=NCc1cccc(S(N)(=O)=O)c1)NCC(C)(O)c1cccs1.I. The second-order valence-electron chi connectivity index (χ2n) is 5.99. The van der Waals surface area contributed by atoms with Crippen LogP contribution < -0.4 is 15.8 Å². The van der Waals surface area contributed by atoms with Gasteiger partial charge in [-0.1, -0.05) is 18.2 Å². The summed E-state index contributed by atoms with van der Waals surface area (Å²) in [5, 5.41) is 23.9. The van der Waals surface area contributed by atoms with Crippen LogP contribution >= 0.6 is 35.3 Å². The first-order chi connectivity index (χ1) is 12.2. The van der Waals surface area contributed by atoms with Gasteiger partial charge in [0.05, 0.1) is 18.0 Å². The summed E-state index contributed by atoms with van der Waals surface area (Å²) >= 11 is 1.49. The molecule has 0 saturated carbocycles. The maximum Gasteiger partial charge on any atom is 0.238 e. The monoisotopic (exact) mass is 524 g/mol. The van der Waals surface area contributed by atoms with Crippen LogP contribution in [0, 0.1) is 0 Å². The predicted molar refractivity (Wildman–Crippen MR) is 120 cm³/mol. The lowest BCUT2D eigenvalue weighted by atomic mass is 10.1. The third kappa shape index (κ3) is 7.37. The second-order valence-corrected chi connectivity index (χ2v) is 8.50. The number of primary sulfonamides is 1. The third-order valence-corrected chi connectivity index (χ3v) is 5.68. The van der Waals surface area contributed by atoms with E-state index in [-0.39, 0.29) is 42.0 Å². The number of nitrogens with zero attached hydrogens (tertiary/aromatic N) is 1. The van der Waals surface area contributed by atoms with E-state index in [0.717, 1.165) is 10.4 Å². The normalized spacial score (nSPS) is 14.1. The van der Waals surface area contributed by atoms with Gasteiger partial charge in [-0.3, -0.25) is 0 Å². The Morgan fingerprint density at radius 2 is 2.04 bits per heavy atom. The van der Waals surface area contributed by atoms with Gasteiger partial charge in [-0.2, -0.15) is 0 Å². The molecule has 7 nitrogen and oxygen atoms in total. The van der Waals surface area contributed by atoms with E-state index < -0.39 is 15.6 Å². The van der Waals surface area contributed by atoms with Gasteiger partial charge in [-0.15, -0.1) is 35.3 Å². The molecule has 27 heavy (non-hydrogen) atoms. The Kier molecular flexibility index (Phi) is 9.15. The zero-order valence-electron chi connectivity index (χ0n) is 15.2. The molecule has 2 rings (SSSR count). The highest BCUT2D eigenvalue weighted by Crippen LogP contribution is 2.24. The van der Waals surface area contributed by atoms with Crippen molar-refractivity contribution >= 4 is 51.3 Å². The third-order valence-electron chi connectivity index (χ3n) is 3.64. The molecule has 0 aliphatic carbocycles. The Morgan fingerprint density at radius 3 is 2.63 bits per heavy atom. The fourth-order valence-electron chi connectivity index (χ4n) is 2.26. The first-order valence-electron chi connectivity index (χ1n) is 8.12. The van der Waals surface area contributed by atoms with Crippen molar-refractivity contribution in [2.75, 3.05) is 13.1 Å². The molecule has 0 saturated heterocycles. The quantitative estimate of drug-likeness (QED) is 0.251. The van der Waals surface area contributed by atoms with E-state index in [2.05, 4.69) is 15.6 Å². The van der Waals surface area contributed by atoms with Gasteiger partial charge in [0.2, 0.25) is 10.0 Å². The molecule has 0 bridgehead atoms. The minimum absolute atomic E-state index is 0. The van der Waals surface area contributed by atoms with Gasteiger partial charge in [-0.05, 0) is 43.0 Å². The van der Waals surface area contributed by atoms with Crippen molar-refractivity contribution < 1.29 is 13.5 Å². The van der Waals surface area contributed by atoms with Crippen molar-refractivity contribution in [1.82, 2.24) is 10.6 Å². The molecule has 0 aliphatic heterocycles. The maximum absolute atomic E-state index is 11.4. The number of aliphatic imine (C=N–C) groups is 1. The van der Waals surface area contributed by atoms with Crippen molar-refractivity contribution in [2.24, 2.45) is 10.1 Å². The van der Waals surface area contributed by atoms with Crippen LogP contribution in [0.15, 0.2) is 51.7 Å². The van der Waals surface area contributed by atoms with Gasteiger partial charge in [0.25, 0.3) is 0 Å². The number of nitrogens with two attached hydrogens (primary N) is 1. The van der Waals surface area contributed by atoms with E-state index in [9.17, 15) is 13.5 Å². The lowest BCUT2D eigenvalue weighted by Crippen LogP contribution is -2.44. The summed E-state index contributed by atoms with van der Waals surface area (Å²) in [4.78, 5) is 5.36. The van der Waals surface area contributed by atoms with E-state index >= 15 is 0 Å². The molecule has 0 fully saturated rings. The molecule has 1 aromatic carbocycles. The summed E-state index contributed by atoms with van der Waals surface area (Å²) in [6.07, 6.45) is 0. The van der Waals surface area contributed by atoms with Crippen LogP contribution in [-0.4, -0.2) is 32.6 Å². The van der Waals surface area contributed by atoms with Crippen LogP contribution in [0.4, 0.5) is 0 Å². The Bertz CT molecular complexity index is 853. The number of benzene rings is 1. The molecule has 0 aliphatic rings. The number of guanidine groups is 1. The zero-order valence-corrected chi connectivity index (χ0v) is 19.1. The fraction of sp³-hybridized carbons (Fsp3) is 0.353.